The number of amides is 1. The molecule has 96 valence electrons. The number of hydrogen-bond donors (Lipinski definition) is 2. The summed E-state index contributed by atoms with van der Waals surface area (Å²) in [4.78, 5) is 11.9. The van der Waals surface area contributed by atoms with E-state index in [0.29, 0.717) is 17.8 Å². The van der Waals surface area contributed by atoms with E-state index in [9.17, 15) is 4.79 Å². The number of rotatable bonds is 2. The van der Waals surface area contributed by atoms with Gasteiger partial charge in [0.1, 0.15) is 0 Å². The standard InChI is InChI=1S/C14H14N4O/c1-18-10-13(9-16-18)17-14(19)12-6-4-11(5-7-12)3-2-8-15/h4-7,9-10H,8,15H2,1H3,(H,17,19). The molecule has 3 N–H and O–H groups in total. The Morgan fingerprint density at radius 3 is 2.74 bits per heavy atom. The molecule has 0 saturated carbocycles. The van der Waals surface area contributed by atoms with E-state index in [1.165, 1.54) is 0 Å². The Balaban J connectivity index is 2.07. The van der Waals surface area contributed by atoms with Crippen molar-refractivity contribution >= 4 is 11.6 Å². The van der Waals surface area contributed by atoms with Crippen LogP contribution in [0.4, 0.5) is 5.69 Å². The molecule has 5 heteroatoms. The van der Waals surface area contributed by atoms with Crippen molar-refractivity contribution in [1.29, 1.82) is 0 Å². The van der Waals surface area contributed by atoms with E-state index in [2.05, 4.69) is 22.3 Å². The number of nitrogens with zero attached hydrogens (tertiary/aromatic N) is 2. The van der Waals surface area contributed by atoms with Crippen molar-refractivity contribution in [2.75, 3.05) is 11.9 Å². The molecule has 5 nitrogen and oxygen atoms in total. The normalized spacial score (nSPS) is 9.58. The van der Waals surface area contributed by atoms with Gasteiger partial charge in [0.15, 0.2) is 0 Å². The highest BCUT2D eigenvalue weighted by Crippen LogP contribution is 2.08. The fourth-order valence-electron chi connectivity index (χ4n) is 1.55. The molecule has 0 aliphatic heterocycles. The Kier molecular flexibility index (Phi) is 3.96. The van der Waals surface area contributed by atoms with Crippen LogP contribution in [0.5, 0.6) is 0 Å². The van der Waals surface area contributed by atoms with E-state index < -0.39 is 0 Å². The van der Waals surface area contributed by atoms with Gasteiger partial charge in [-0.15, -0.1) is 0 Å². The van der Waals surface area contributed by atoms with E-state index >= 15 is 0 Å². The van der Waals surface area contributed by atoms with Crippen molar-refractivity contribution in [3.05, 3.63) is 47.8 Å². The highest BCUT2D eigenvalue weighted by atomic mass is 16.1. The SMILES string of the molecule is Cn1cc(NC(=O)c2ccc(C#CCN)cc2)cn1. The summed E-state index contributed by atoms with van der Waals surface area (Å²) in [5.41, 5.74) is 7.37. The van der Waals surface area contributed by atoms with Gasteiger partial charge in [-0.2, -0.15) is 5.10 Å². The fourth-order valence-corrected chi connectivity index (χ4v) is 1.55. The third kappa shape index (κ3) is 3.44. The first kappa shape index (κ1) is 12.9. The van der Waals surface area contributed by atoms with E-state index in [-0.39, 0.29) is 5.91 Å². The summed E-state index contributed by atoms with van der Waals surface area (Å²) >= 11 is 0. The molecule has 1 heterocycles. The first-order chi connectivity index (χ1) is 9.19. The van der Waals surface area contributed by atoms with Crippen LogP contribution >= 0.6 is 0 Å². The van der Waals surface area contributed by atoms with Crippen molar-refractivity contribution in [3.63, 3.8) is 0 Å². The zero-order chi connectivity index (χ0) is 13.7. The number of anilines is 1. The van der Waals surface area contributed by atoms with Gasteiger partial charge in [0.05, 0.1) is 18.4 Å². The first-order valence-electron chi connectivity index (χ1n) is 5.78. The Hall–Kier alpha value is -2.58. The maximum absolute atomic E-state index is 11.9. The minimum absolute atomic E-state index is 0.175. The molecule has 0 fully saturated rings. The first-order valence-corrected chi connectivity index (χ1v) is 5.78. The topological polar surface area (TPSA) is 72.9 Å². The molecule has 0 unspecified atom stereocenters. The molecule has 0 saturated heterocycles. The molecule has 0 spiro atoms. The van der Waals surface area contributed by atoms with Gasteiger partial charge in [0, 0.05) is 24.4 Å². The van der Waals surface area contributed by atoms with Gasteiger partial charge in [-0.3, -0.25) is 9.48 Å². The summed E-state index contributed by atoms with van der Waals surface area (Å²) in [5.74, 6) is 5.49. The number of aryl methyl sites for hydroxylation is 1. The van der Waals surface area contributed by atoms with Gasteiger partial charge in [-0.1, -0.05) is 11.8 Å². The summed E-state index contributed by atoms with van der Waals surface area (Å²) in [6, 6.07) is 7.04. The monoisotopic (exact) mass is 254 g/mol. The number of nitrogens with two attached hydrogens (primary N) is 1. The van der Waals surface area contributed by atoms with E-state index in [1.807, 2.05) is 0 Å². The molecule has 19 heavy (non-hydrogen) atoms. The molecular formula is C14H14N4O. The molecular weight excluding hydrogens is 240 g/mol. The quantitative estimate of drug-likeness (QED) is 0.785. The van der Waals surface area contributed by atoms with Crippen LogP contribution in [-0.2, 0) is 7.05 Å². The largest absolute Gasteiger partial charge is 0.320 e. The third-order valence-electron chi connectivity index (χ3n) is 2.44. The third-order valence-corrected chi connectivity index (χ3v) is 2.44. The lowest BCUT2D eigenvalue weighted by atomic mass is 10.1. The smallest absolute Gasteiger partial charge is 0.255 e. The van der Waals surface area contributed by atoms with Crippen LogP contribution in [0.15, 0.2) is 36.7 Å². The Labute approximate surface area is 111 Å². The summed E-state index contributed by atoms with van der Waals surface area (Å²) < 4.78 is 1.63. The maximum Gasteiger partial charge on any atom is 0.255 e. The van der Waals surface area contributed by atoms with E-state index in [1.54, 1.807) is 48.4 Å². The molecule has 0 aliphatic carbocycles. The second kappa shape index (κ2) is 5.85. The molecule has 0 radical (unpaired) electrons. The minimum atomic E-state index is -0.175. The van der Waals surface area contributed by atoms with Crippen molar-refractivity contribution in [3.8, 4) is 11.8 Å². The average Bonchev–Trinajstić information content (AvgIpc) is 2.82. The lowest BCUT2D eigenvalue weighted by Gasteiger charge is -2.02. The number of benzene rings is 1. The molecule has 1 aromatic carbocycles. The van der Waals surface area contributed by atoms with Gasteiger partial charge < -0.3 is 11.1 Å². The maximum atomic E-state index is 11.9. The van der Waals surface area contributed by atoms with Gasteiger partial charge >= 0.3 is 0 Å². The van der Waals surface area contributed by atoms with Crippen LogP contribution < -0.4 is 11.1 Å². The Morgan fingerprint density at radius 2 is 2.16 bits per heavy atom. The lowest BCUT2D eigenvalue weighted by Crippen LogP contribution is -2.11. The van der Waals surface area contributed by atoms with E-state index in [0.717, 1.165) is 5.56 Å². The van der Waals surface area contributed by atoms with Crippen LogP contribution in [0.25, 0.3) is 0 Å². The predicted octanol–water partition coefficient (Wildman–Crippen LogP) is 0.983. The summed E-state index contributed by atoms with van der Waals surface area (Å²) in [5, 5.41) is 6.75. The molecule has 1 aromatic heterocycles. The number of hydrogen-bond acceptors (Lipinski definition) is 3. The number of carbonyl (C=O) groups is 1. The molecule has 1 amide bonds. The summed E-state index contributed by atoms with van der Waals surface area (Å²) in [6.45, 7) is 0.323. The summed E-state index contributed by atoms with van der Waals surface area (Å²) in [6.07, 6.45) is 3.33. The molecule has 0 bridgehead atoms. The highest BCUT2D eigenvalue weighted by molar-refractivity contribution is 6.04. The van der Waals surface area contributed by atoms with E-state index in [4.69, 9.17) is 5.73 Å². The molecule has 0 aliphatic rings. The lowest BCUT2D eigenvalue weighted by molar-refractivity contribution is 0.102. The second-order valence-corrected chi connectivity index (χ2v) is 3.94. The van der Waals surface area contributed by atoms with Crippen LogP contribution in [-0.4, -0.2) is 22.2 Å². The Morgan fingerprint density at radius 1 is 1.42 bits per heavy atom. The molecule has 2 rings (SSSR count). The van der Waals surface area contributed by atoms with Crippen LogP contribution in [0.1, 0.15) is 15.9 Å². The number of carbonyl (C=O) groups excluding carboxylic acids is 1. The molecule has 2 aromatic rings. The molecule has 0 atom stereocenters. The van der Waals surface area contributed by atoms with Crippen molar-refractivity contribution < 1.29 is 4.79 Å². The van der Waals surface area contributed by atoms with Crippen LogP contribution in [0.3, 0.4) is 0 Å². The minimum Gasteiger partial charge on any atom is -0.320 e. The zero-order valence-electron chi connectivity index (χ0n) is 10.6. The van der Waals surface area contributed by atoms with Crippen molar-refractivity contribution in [1.82, 2.24) is 9.78 Å². The predicted molar refractivity (Wildman–Crippen MR) is 73.5 cm³/mol. The second-order valence-electron chi connectivity index (χ2n) is 3.94. The highest BCUT2D eigenvalue weighted by Gasteiger charge is 2.06. The van der Waals surface area contributed by atoms with Gasteiger partial charge in [0.25, 0.3) is 5.91 Å². The zero-order valence-corrected chi connectivity index (χ0v) is 10.6. The number of aromatic nitrogens is 2. The summed E-state index contributed by atoms with van der Waals surface area (Å²) in [7, 11) is 1.79. The van der Waals surface area contributed by atoms with Crippen LogP contribution in [0, 0.1) is 11.8 Å². The number of nitrogens with one attached hydrogen (secondary N) is 1. The Bertz CT molecular complexity index is 631. The van der Waals surface area contributed by atoms with Crippen molar-refractivity contribution in [2.24, 2.45) is 12.8 Å². The van der Waals surface area contributed by atoms with Gasteiger partial charge in [-0.05, 0) is 24.3 Å². The average molecular weight is 254 g/mol. The van der Waals surface area contributed by atoms with Gasteiger partial charge in [0.2, 0.25) is 0 Å². The fraction of sp³-hybridized carbons (Fsp3) is 0.143. The van der Waals surface area contributed by atoms with Crippen molar-refractivity contribution in [2.45, 2.75) is 0 Å². The van der Waals surface area contributed by atoms with Gasteiger partial charge in [-0.25, -0.2) is 0 Å². The van der Waals surface area contributed by atoms with Crippen LogP contribution in [0.2, 0.25) is 0 Å².